The van der Waals surface area contributed by atoms with E-state index >= 15 is 0 Å². The molecule has 0 fully saturated rings. The number of carbonyl (C=O) groups excluding carboxylic acids is 2. The summed E-state index contributed by atoms with van der Waals surface area (Å²) in [7, 11) is 1.61. The zero-order valence-electron chi connectivity index (χ0n) is 20.0. The number of amides is 1. The molecule has 2 aromatic heterocycles. The van der Waals surface area contributed by atoms with E-state index < -0.39 is 0 Å². The van der Waals surface area contributed by atoms with Crippen molar-refractivity contribution in [1.82, 2.24) is 4.98 Å². The van der Waals surface area contributed by atoms with Crippen LogP contribution in [-0.4, -0.2) is 23.8 Å². The highest BCUT2D eigenvalue weighted by Gasteiger charge is 2.20. The number of pyridine rings is 1. The molecule has 6 nitrogen and oxygen atoms in total. The van der Waals surface area contributed by atoms with Gasteiger partial charge in [0.1, 0.15) is 15.5 Å². The van der Waals surface area contributed by atoms with Crippen LogP contribution in [0.5, 0.6) is 5.75 Å². The normalized spacial score (nSPS) is 13.4. The molecule has 1 amide bonds. The Morgan fingerprint density at radius 2 is 1.86 bits per heavy atom. The van der Waals surface area contributed by atoms with Crippen molar-refractivity contribution >= 4 is 50.7 Å². The summed E-state index contributed by atoms with van der Waals surface area (Å²) in [6.07, 6.45) is 8.78. The smallest absolute Gasteiger partial charge is 0.267 e. The number of benzene rings is 2. The minimum absolute atomic E-state index is 0.129. The van der Waals surface area contributed by atoms with Crippen molar-refractivity contribution in [2.24, 2.45) is 0 Å². The first kappa shape index (κ1) is 23.8. The molecule has 0 saturated heterocycles. The number of nitrogens with one attached hydrogen (secondary N) is 1. The number of methoxy groups -OCH3 is 1. The third-order valence-corrected chi connectivity index (χ3v) is 7.52. The fourth-order valence-corrected chi connectivity index (χ4v) is 5.42. The molecule has 2 aromatic carbocycles. The van der Waals surface area contributed by atoms with E-state index in [1.807, 2.05) is 24.3 Å². The Bertz CT molecular complexity index is 1470. The van der Waals surface area contributed by atoms with Crippen LogP contribution in [-0.2, 0) is 12.8 Å². The van der Waals surface area contributed by atoms with E-state index in [2.05, 4.69) is 11.4 Å². The number of ether oxygens (including phenoxy) is 1. The van der Waals surface area contributed by atoms with Crippen LogP contribution in [0.15, 0.2) is 60.7 Å². The standard InChI is InChI=1S/C29H27N3O3S/c1-35-22-8-5-6-18(16-22)10-15-25(33)19-11-13-21(14-12-19)31-28(34)27-26(30)23-17-20-7-3-2-4-9-24(20)32-29(23)36-27/h5-6,8,10-17H,2-4,7,9,30H2,1H3,(H,31,34)/b15-10+. The minimum atomic E-state index is -0.275. The number of fused-ring (bicyclic) bond motifs is 2. The number of hydrogen-bond acceptors (Lipinski definition) is 6. The largest absolute Gasteiger partial charge is 0.497 e. The number of thiophene rings is 1. The number of nitrogens with two attached hydrogens (primary N) is 1. The molecule has 1 aliphatic rings. The Morgan fingerprint density at radius 1 is 1.06 bits per heavy atom. The van der Waals surface area contributed by atoms with E-state index in [4.69, 9.17) is 15.5 Å². The van der Waals surface area contributed by atoms with Crippen molar-refractivity contribution in [2.75, 3.05) is 18.2 Å². The lowest BCUT2D eigenvalue weighted by Gasteiger charge is -2.06. The molecule has 2 heterocycles. The highest BCUT2D eigenvalue weighted by molar-refractivity contribution is 7.21. The van der Waals surface area contributed by atoms with Crippen LogP contribution in [0.4, 0.5) is 11.4 Å². The molecule has 0 spiro atoms. The minimum Gasteiger partial charge on any atom is -0.497 e. The molecule has 5 rings (SSSR count). The number of aromatic nitrogens is 1. The number of rotatable bonds is 6. The van der Waals surface area contributed by atoms with Crippen molar-refractivity contribution in [3.63, 3.8) is 0 Å². The fourth-order valence-electron chi connectivity index (χ4n) is 4.42. The third-order valence-electron chi connectivity index (χ3n) is 6.40. The Hall–Kier alpha value is -3.97. The summed E-state index contributed by atoms with van der Waals surface area (Å²) in [5.41, 5.74) is 11.2. The van der Waals surface area contributed by atoms with E-state index in [1.165, 1.54) is 29.4 Å². The Kier molecular flexibility index (Phi) is 6.82. The molecule has 7 heteroatoms. The van der Waals surface area contributed by atoms with E-state index in [0.29, 0.717) is 21.8 Å². The van der Waals surface area contributed by atoms with E-state index in [-0.39, 0.29) is 11.7 Å². The first-order chi connectivity index (χ1) is 17.5. The molecule has 0 unspecified atom stereocenters. The lowest BCUT2D eigenvalue weighted by atomic mass is 10.1. The number of carbonyl (C=O) groups is 2. The van der Waals surface area contributed by atoms with Gasteiger partial charge in [-0.2, -0.15) is 0 Å². The van der Waals surface area contributed by atoms with Crippen LogP contribution in [0.2, 0.25) is 0 Å². The monoisotopic (exact) mass is 497 g/mol. The van der Waals surface area contributed by atoms with Crippen LogP contribution in [0.25, 0.3) is 16.3 Å². The second-order valence-electron chi connectivity index (χ2n) is 8.86. The van der Waals surface area contributed by atoms with Crippen LogP contribution in [0, 0.1) is 0 Å². The molecule has 0 radical (unpaired) electrons. The van der Waals surface area contributed by atoms with E-state index in [0.717, 1.165) is 52.9 Å². The summed E-state index contributed by atoms with van der Waals surface area (Å²) < 4.78 is 5.21. The van der Waals surface area contributed by atoms with Gasteiger partial charge in [-0.1, -0.05) is 24.6 Å². The predicted molar refractivity (Wildman–Crippen MR) is 146 cm³/mol. The Morgan fingerprint density at radius 3 is 2.67 bits per heavy atom. The SMILES string of the molecule is COc1cccc(/C=C/C(=O)c2ccc(NC(=O)c3sc4nc5c(cc4c3N)CCCCC5)cc2)c1. The molecular weight excluding hydrogens is 470 g/mol. The zero-order valence-corrected chi connectivity index (χ0v) is 20.9. The van der Waals surface area contributed by atoms with Gasteiger partial charge in [0.05, 0.1) is 12.8 Å². The fraction of sp³-hybridized carbons (Fsp3) is 0.207. The molecular formula is C29H27N3O3S. The summed E-state index contributed by atoms with van der Waals surface area (Å²) in [5, 5.41) is 3.75. The van der Waals surface area contributed by atoms with Gasteiger partial charge in [-0.25, -0.2) is 4.98 Å². The predicted octanol–water partition coefficient (Wildman–Crippen LogP) is 6.30. The molecule has 0 aliphatic heterocycles. The van der Waals surface area contributed by atoms with Crippen molar-refractivity contribution in [1.29, 1.82) is 0 Å². The molecule has 0 saturated carbocycles. The molecule has 1 aliphatic carbocycles. The van der Waals surface area contributed by atoms with Crippen molar-refractivity contribution in [2.45, 2.75) is 32.1 Å². The maximum Gasteiger partial charge on any atom is 0.267 e. The third kappa shape index (κ3) is 5.02. The maximum atomic E-state index is 13.0. The number of nitrogen functional groups attached to an aromatic ring is 1. The molecule has 4 aromatic rings. The number of hydrogen-bond donors (Lipinski definition) is 2. The average molecular weight is 498 g/mol. The molecule has 0 bridgehead atoms. The van der Waals surface area contributed by atoms with Gasteiger partial charge in [0, 0.05) is 22.3 Å². The summed E-state index contributed by atoms with van der Waals surface area (Å²) in [6, 6.07) is 16.4. The molecule has 36 heavy (non-hydrogen) atoms. The van der Waals surface area contributed by atoms with Crippen molar-refractivity contribution in [3.8, 4) is 5.75 Å². The first-order valence-corrected chi connectivity index (χ1v) is 12.8. The summed E-state index contributed by atoms with van der Waals surface area (Å²) in [4.78, 5) is 31.7. The zero-order chi connectivity index (χ0) is 25.1. The second kappa shape index (κ2) is 10.3. The van der Waals surface area contributed by atoms with Crippen LogP contribution in [0.1, 0.15) is 56.1 Å². The van der Waals surface area contributed by atoms with Gasteiger partial charge in [-0.3, -0.25) is 9.59 Å². The summed E-state index contributed by atoms with van der Waals surface area (Å²) in [5.74, 6) is 0.327. The van der Waals surface area contributed by atoms with Gasteiger partial charge in [-0.15, -0.1) is 11.3 Å². The Labute approximate surface area is 213 Å². The van der Waals surface area contributed by atoms with E-state index in [9.17, 15) is 9.59 Å². The van der Waals surface area contributed by atoms with Crippen LogP contribution < -0.4 is 15.8 Å². The van der Waals surface area contributed by atoms with Gasteiger partial charge < -0.3 is 15.8 Å². The van der Waals surface area contributed by atoms with Crippen LogP contribution >= 0.6 is 11.3 Å². The van der Waals surface area contributed by atoms with Gasteiger partial charge in [-0.05, 0) is 85.4 Å². The molecule has 182 valence electrons. The van der Waals surface area contributed by atoms with Crippen molar-refractivity contribution in [3.05, 3.63) is 87.9 Å². The highest BCUT2D eigenvalue weighted by atomic mass is 32.1. The van der Waals surface area contributed by atoms with E-state index in [1.54, 1.807) is 37.5 Å². The number of aryl methyl sites for hydroxylation is 2. The van der Waals surface area contributed by atoms with Gasteiger partial charge in [0.15, 0.2) is 5.78 Å². The average Bonchev–Trinajstić information content (AvgIpc) is 3.06. The molecule has 3 N–H and O–H groups in total. The first-order valence-electron chi connectivity index (χ1n) is 12.0. The lowest BCUT2D eigenvalue weighted by Crippen LogP contribution is -2.12. The Balaban J connectivity index is 1.29. The lowest BCUT2D eigenvalue weighted by molar-refractivity contribution is 0.102. The number of ketones is 1. The van der Waals surface area contributed by atoms with Gasteiger partial charge >= 0.3 is 0 Å². The highest BCUT2D eigenvalue weighted by Crippen LogP contribution is 2.35. The van der Waals surface area contributed by atoms with Crippen LogP contribution in [0.3, 0.4) is 0 Å². The summed E-state index contributed by atoms with van der Waals surface area (Å²) >= 11 is 1.33. The maximum absolute atomic E-state index is 13.0. The quantitative estimate of drug-likeness (QED) is 0.185. The van der Waals surface area contributed by atoms with Crippen molar-refractivity contribution < 1.29 is 14.3 Å². The number of nitrogens with zero attached hydrogens (tertiary/aromatic N) is 1. The number of allylic oxidation sites excluding steroid dienone is 1. The summed E-state index contributed by atoms with van der Waals surface area (Å²) in [6.45, 7) is 0. The second-order valence-corrected chi connectivity index (χ2v) is 9.86. The van der Waals surface area contributed by atoms with Gasteiger partial charge in [0.2, 0.25) is 0 Å². The number of anilines is 2. The topological polar surface area (TPSA) is 94.3 Å². The van der Waals surface area contributed by atoms with Gasteiger partial charge in [0.25, 0.3) is 5.91 Å². The molecule has 0 atom stereocenters.